The molecule has 1 heterocycles. The molecule has 0 fully saturated rings. The van der Waals surface area contributed by atoms with Crippen LogP contribution in [0, 0.1) is 0 Å². The van der Waals surface area contributed by atoms with Gasteiger partial charge in [-0.25, -0.2) is 5.01 Å². The van der Waals surface area contributed by atoms with Gasteiger partial charge in [0, 0.05) is 7.05 Å². The van der Waals surface area contributed by atoms with E-state index in [-0.39, 0.29) is 5.91 Å². The molecule has 0 N–H and O–H groups in total. The van der Waals surface area contributed by atoms with E-state index < -0.39 is 0 Å². The molecule has 0 unspecified atom stereocenters. The molecule has 4 nitrogen and oxygen atoms in total. The maximum Gasteiger partial charge on any atom is 0.276 e. The van der Waals surface area contributed by atoms with Crippen LogP contribution >= 0.6 is 0 Å². The molecule has 0 aliphatic heterocycles. The molecule has 0 radical (unpaired) electrons. The minimum absolute atomic E-state index is 0.216. The Hall–Kier alpha value is -2.10. The zero-order valence-electron chi connectivity index (χ0n) is 10.3. The van der Waals surface area contributed by atoms with Gasteiger partial charge in [0.05, 0.1) is 17.5 Å². The Morgan fingerprint density at radius 2 is 2.29 bits per heavy atom. The fraction of sp³-hybridized carbons (Fsp3) is 0.231. The molecule has 0 bridgehead atoms. The minimum Gasteiger partial charge on any atom is -0.472 e. The molecule has 0 atom stereocenters. The number of carbonyl (C=O) groups is 1. The van der Waals surface area contributed by atoms with Crippen LogP contribution in [0.5, 0.6) is 0 Å². The van der Waals surface area contributed by atoms with Gasteiger partial charge in [-0.15, -0.1) is 0 Å². The molecule has 0 aliphatic rings. The minimum atomic E-state index is -0.216. The molecular formula is C13H16N2O2. The molecule has 90 valence electrons. The first-order valence-corrected chi connectivity index (χ1v) is 5.23. The first-order chi connectivity index (χ1) is 8.06. The summed E-state index contributed by atoms with van der Waals surface area (Å²) in [7, 11) is 1.60. The molecule has 0 saturated heterocycles. The topological polar surface area (TPSA) is 45.8 Å². The Labute approximate surface area is 101 Å². The standard InChI is InChI=1S/C13H16N2O2/c1-5-6-10(2)11(3)14-15(4)13(16)12-7-8-17-9-12/h5-9H,2H2,1,3-4H3/b6-5-,14-11+. The number of rotatable bonds is 4. The molecule has 1 rings (SSSR count). The lowest BCUT2D eigenvalue weighted by molar-refractivity contribution is 0.0798. The lowest BCUT2D eigenvalue weighted by Crippen LogP contribution is -2.22. The average Bonchev–Trinajstić information content (AvgIpc) is 2.81. The Balaban J connectivity index is 2.78. The van der Waals surface area contributed by atoms with E-state index >= 15 is 0 Å². The predicted molar refractivity (Wildman–Crippen MR) is 67.9 cm³/mol. The SMILES string of the molecule is C=C(/C=C\C)/C(C)=N/N(C)C(=O)c1ccoc1. The normalized spacial score (nSPS) is 11.8. The number of allylic oxidation sites excluding steroid dienone is 3. The summed E-state index contributed by atoms with van der Waals surface area (Å²) >= 11 is 0. The number of amides is 1. The van der Waals surface area contributed by atoms with Crippen LogP contribution in [-0.2, 0) is 0 Å². The van der Waals surface area contributed by atoms with Crippen LogP contribution in [0.2, 0.25) is 0 Å². The van der Waals surface area contributed by atoms with Crippen molar-refractivity contribution in [1.29, 1.82) is 0 Å². The second-order valence-corrected chi connectivity index (χ2v) is 3.55. The highest BCUT2D eigenvalue weighted by Gasteiger charge is 2.12. The van der Waals surface area contributed by atoms with E-state index in [1.165, 1.54) is 17.5 Å². The van der Waals surface area contributed by atoms with Gasteiger partial charge in [0.1, 0.15) is 6.26 Å². The number of carbonyl (C=O) groups excluding carboxylic acids is 1. The second kappa shape index (κ2) is 5.84. The fourth-order valence-electron chi connectivity index (χ4n) is 1.23. The summed E-state index contributed by atoms with van der Waals surface area (Å²) in [5.74, 6) is -0.216. The van der Waals surface area contributed by atoms with Crippen molar-refractivity contribution in [2.75, 3.05) is 7.05 Å². The van der Waals surface area contributed by atoms with E-state index in [0.29, 0.717) is 11.3 Å². The van der Waals surface area contributed by atoms with Crippen molar-refractivity contribution in [1.82, 2.24) is 5.01 Å². The first kappa shape index (κ1) is 13.0. The van der Waals surface area contributed by atoms with Crippen LogP contribution < -0.4 is 0 Å². The third-order valence-corrected chi connectivity index (χ3v) is 2.19. The smallest absolute Gasteiger partial charge is 0.276 e. The van der Waals surface area contributed by atoms with Crippen LogP contribution in [0.3, 0.4) is 0 Å². The number of hydrogen-bond acceptors (Lipinski definition) is 3. The molecule has 1 aromatic heterocycles. The van der Waals surface area contributed by atoms with Gasteiger partial charge in [-0.05, 0) is 25.5 Å². The van der Waals surface area contributed by atoms with Gasteiger partial charge in [0.25, 0.3) is 5.91 Å². The van der Waals surface area contributed by atoms with Crippen LogP contribution in [-0.4, -0.2) is 23.7 Å². The summed E-state index contributed by atoms with van der Waals surface area (Å²) in [4.78, 5) is 11.8. The molecule has 0 aliphatic carbocycles. The van der Waals surface area contributed by atoms with Crippen LogP contribution in [0.25, 0.3) is 0 Å². The Morgan fingerprint density at radius 1 is 1.59 bits per heavy atom. The molecule has 1 amide bonds. The molecule has 0 saturated carbocycles. The second-order valence-electron chi connectivity index (χ2n) is 3.55. The van der Waals surface area contributed by atoms with Crippen molar-refractivity contribution >= 4 is 11.6 Å². The Kier molecular flexibility index (Phi) is 4.46. The highest BCUT2D eigenvalue weighted by molar-refractivity contribution is 6.01. The zero-order chi connectivity index (χ0) is 12.8. The monoisotopic (exact) mass is 232 g/mol. The molecule has 0 aromatic carbocycles. The lowest BCUT2D eigenvalue weighted by atomic mass is 10.2. The summed E-state index contributed by atoms with van der Waals surface area (Å²) in [5, 5.41) is 5.43. The van der Waals surface area contributed by atoms with Gasteiger partial charge in [-0.3, -0.25) is 4.79 Å². The third kappa shape index (κ3) is 3.45. The van der Waals surface area contributed by atoms with Gasteiger partial charge in [-0.1, -0.05) is 18.7 Å². The predicted octanol–water partition coefficient (Wildman–Crippen LogP) is 2.86. The highest BCUT2D eigenvalue weighted by Crippen LogP contribution is 2.06. The number of hydrogen-bond donors (Lipinski definition) is 0. The van der Waals surface area contributed by atoms with E-state index in [2.05, 4.69) is 11.7 Å². The lowest BCUT2D eigenvalue weighted by Gasteiger charge is -2.11. The Bertz CT molecular complexity index is 456. The van der Waals surface area contributed by atoms with Crippen LogP contribution in [0.15, 0.2) is 52.4 Å². The van der Waals surface area contributed by atoms with E-state index in [9.17, 15) is 4.79 Å². The number of nitrogens with zero attached hydrogens (tertiary/aromatic N) is 2. The third-order valence-electron chi connectivity index (χ3n) is 2.19. The van der Waals surface area contributed by atoms with Gasteiger partial charge in [-0.2, -0.15) is 5.10 Å². The molecular weight excluding hydrogens is 216 g/mol. The summed E-state index contributed by atoms with van der Waals surface area (Å²) < 4.78 is 4.85. The van der Waals surface area contributed by atoms with E-state index in [1.807, 2.05) is 26.0 Å². The quantitative estimate of drug-likeness (QED) is 0.455. The van der Waals surface area contributed by atoms with Gasteiger partial charge < -0.3 is 4.42 Å². The molecule has 4 heteroatoms. The van der Waals surface area contributed by atoms with Crippen molar-refractivity contribution in [2.45, 2.75) is 13.8 Å². The number of hydrazone groups is 1. The average molecular weight is 232 g/mol. The van der Waals surface area contributed by atoms with Crippen LogP contribution in [0.4, 0.5) is 0 Å². The summed E-state index contributed by atoms with van der Waals surface area (Å²) in [6.07, 6.45) is 6.56. The molecule has 1 aromatic rings. The zero-order valence-corrected chi connectivity index (χ0v) is 10.3. The molecule has 17 heavy (non-hydrogen) atoms. The van der Waals surface area contributed by atoms with Gasteiger partial charge >= 0.3 is 0 Å². The van der Waals surface area contributed by atoms with E-state index in [1.54, 1.807) is 13.1 Å². The van der Waals surface area contributed by atoms with Crippen molar-refractivity contribution in [3.05, 3.63) is 48.5 Å². The van der Waals surface area contributed by atoms with Crippen molar-refractivity contribution < 1.29 is 9.21 Å². The summed E-state index contributed by atoms with van der Waals surface area (Å²) in [6.45, 7) is 7.55. The van der Waals surface area contributed by atoms with Crippen molar-refractivity contribution in [2.24, 2.45) is 5.10 Å². The van der Waals surface area contributed by atoms with Gasteiger partial charge in [0.2, 0.25) is 0 Å². The van der Waals surface area contributed by atoms with Crippen molar-refractivity contribution in [3.8, 4) is 0 Å². The Morgan fingerprint density at radius 3 is 2.82 bits per heavy atom. The van der Waals surface area contributed by atoms with Gasteiger partial charge in [0.15, 0.2) is 0 Å². The summed E-state index contributed by atoms with van der Waals surface area (Å²) in [6, 6.07) is 1.60. The maximum absolute atomic E-state index is 11.8. The van der Waals surface area contributed by atoms with E-state index in [4.69, 9.17) is 4.42 Å². The molecule has 0 spiro atoms. The highest BCUT2D eigenvalue weighted by atomic mass is 16.3. The first-order valence-electron chi connectivity index (χ1n) is 5.23. The maximum atomic E-state index is 11.8. The number of furan rings is 1. The largest absolute Gasteiger partial charge is 0.472 e. The van der Waals surface area contributed by atoms with E-state index in [0.717, 1.165) is 5.57 Å². The fourth-order valence-corrected chi connectivity index (χ4v) is 1.23. The van der Waals surface area contributed by atoms with Crippen molar-refractivity contribution in [3.63, 3.8) is 0 Å². The van der Waals surface area contributed by atoms with Crippen LogP contribution in [0.1, 0.15) is 24.2 Å². The summed E-state index contributed by atoms with van der Waals surface area (Å²) in [5.41, 5.74) is 1.95.